The Morgan fingerprint density at radius 1 is 0.875 bits per heavy atom. The van der Waals surface area contributed by atoms with Crippen molar-refractivity contribution < 1.29 is 34.2 Å². The number of benzene rings is 2. The first-order valence-electron chi connectivity index (χ1n) is 7.05. The van der Waals surface area contributed by atoms with E-state index in [1.807, 2.05) is 13.8 Å². The van der Waals surface area contributed by atoms with E-state index >= 15 is 0 Å². The smallest absolute Gasteiger partial charge is 0.0746 e. The zero-order chi connectivity index (χ0) is 16.0. The van der Waals surface area contributed by atoms with Crippen LogP contribution < -0.4 is 10.2 Å². The molecule has 127 valence electrons. The summed E-state index contributed by atoms with van der Waals surface area (Å²) >= 11 is 0. The fourth-order valence-corrected chi connectivity index (χ4v) is 1.83. The van der Waals surface area contributed by atoms with Crippen LogP contribution in [-0.2, 0) is 18.6 Å². The second kappa shape index (κ2) is 9.93. The van der Waals surface area contributed by atoms with Gasteiger partial charge in [0.25, 0.3) is 0 Å². The number of para-hydroxylation sites is 2. The molecular formula is C18H20N2O3V-2. The largest absolute Gasteiger partial charge is 0.872 e. The molecule has 0 atom stereocenters. The third-order valence-corrected chi connectivity index (χ3v) is 3.10. The van der Waals surface area contributed by atoms with Crippen molar-refractivity contribution in [2.24, 2.45) is 9.98 Å². The maximum Gasteiger partial charge on any atom is 0.0746 e. The molecule has 0 aliphatic carbocycles. The van der Waals surface area contributed by atoms with Crippen LogP contribution in [-0.4, -0.2) is 30.0 Å². The van der Waals surface area contributed by atoms with E-state index in [9.17, 15) is 10.2 Å². The summed E-state index contributed by atoms with van der Waals surface area (Å²) in [5.41, 5.74) is 0.674. The third-order valence-electron chi connectivity index (χ3n) is 3.10. The molecule has 0 aliphatic rings. The first-order valence-corrected chi connectivity index (χ1v) is 7.05. The van der Waals surface area contributed by atoms with E-state index in [0.29, 0.717) is 17.7 Å². The Balaban J connectivity index is 0.00000264. The predicted molar refractivity (Wildman–Crippen MR) is 89.5 cm³/mol. The molecule has 0 unspecified atom stereocenters. The van der Waals surface area contributed by atoms with E-state index in [2.05, 4.69) is 9.98 Å². The van der Waals surface area contributed by atoms with Crippen LogP contribution in [0.5, 0.6) is 11.5 Å². The molecule has 2 N–H and O–H groups in total. The predicted octanol–water partition coefficient (Wildman–Crippen LogP) is 1.32. The summed E-state index contributed by atoms with van der Waals surface area (Å²) in [6, 6.07) is 13.5. The zero-order valence-electron chi connectivity index (χ0n) is 13.6. The topological polar surface area (TPSA) is 102 Å². The van der Waals surface area contributed by atoms with Gasteiger partial charge in [-0.2, -0.15) is 0 Å². The Hall–Kier alpha value is -2.08. The van der Waals surface area contributed by atoms with Gasteiger partial charge in [0.15, 0.2) is 0 Å². The second-order valence-corrected chi connectivity index (χ2v) is 5.62. The summed E-state index contributed by atoms with van der Waals surface area (Å²) in [5, 5.41) is 23.2. The minimum atomic E-state index is -0.448. The van der Waals surface area contributed by atoms with Crippen molar-refractivity contribution in [1.29, 1.82) is 0 Å². The van der Waals surface area contributed by atoms with E-state index in [0.717, 1.165) is 0 Å². The molecule has 24 heavy (non-hydrogen) atoms. The molecule has 5 nitrogen and oxygen atoms in total. The van der Waals surface area contributed by atoms with Gasteiger partial charge in [-0.1, -0.05) is 48.5 Å². The molecule has 2 aromatic carbocycles. The van der Waals surface area contributed by atoms with Gasteiger partial charge in [-0.25, -0.2) is 0 Å². The Morgan fingerprint density at radius 3 is 1.83 bits per heavy atom. The quantitative estimate of drug-likeness (QED) is 0.748. The average molecular weight is 363 g/mol. The Bertz CT molecular complexity index is 700. The van der Waals surface area contributed by atoms with E-state index in [1.54, 1.807) is 48.8 Å². The van der Waals surface area contributed by atoms with E-state index in [4.69, 9.17) is 0 Å². The fraction of sp³-hybridized carbons (Fsp3) is 0.222. The minimum Gasteiger partial charge on any atom is -0.872 e. The second-order valence-electron chi connectivity index (χ2n) is 5.62. The SMILES string of the molecule is CC(C)(CN=Cc1ccccc1[O-])N=Cc1ccccc1[O-].O.[V]. The molecular weight excluding hydrogens is 343 g/mol. The van der Waals surface area contributed by atoms with Crippen molar-refractivity contribution in [3.63, 3.8) is 0 Å². The minimum absolute atomic E-state index is 0. The molecule has 0 heterocycles. The van der Waals surface area contributed by atoms with Crippen molar-refractivity contribution >= 4 is 12.4 Å². The summed E-state index contributed by atoms with van der Waals surface area (Å²) in [4.78, 5) is 8.72. The Kier molecular flexibility index (Phi) is 9.07. The first kappa shape index (κ1) is 21.9. The van der Waals surface area contributed by atoms with Crippen LogP contribution in [0.1, 0.15) is 25.0 Å². The van der Waals surface area contributed by atoms with Gasteiger partial charge in [-0.05, 0) is 25.0 Å². The molecule has 1 radical (unpaired) electrons. The first-order chi connectivity index (χ1) is 10.5. The summed E-state index contributed by atoms with van der Waals surface area (Å²) in [5.74, 6) is -0.0985. The number of nitrogens with zero attached hydrogens (tertiary/aromatic N) is 2. The summed E-state index contributed by atoms with van der Waals surface area (Å²) in [7, 11) is 0. The number of hydrogen-bond acceptors (Lipinski definition) is 4. The van der Waals surface area contributed by atoms with E-state index in [-0.39, 0.29) is 35.5 Å². The molecule has 0 saturated carbocycles. The van der Waals surface area contributed by atoms with Crippen molar-refractivity contribution in [1.82, 2.24) is 0 Å². The van der Waals surface area contributed by atoms with E-state index in [1.165, 1.54) is 12.1 Å². The molecule has 0 aromatic heterocycles. The molecule has 0 spiro atoms. The van der Waals surface area contributed by atoms with Crippen LogP contribution in [0.3, 0.4) is 0 Å². The molecule has 0 bridgehead atoms. The number of aliphatic imine (C=N–C) groups is 2. The van der Waals surface area contributed by atoms with Gasteiger partial charge in [0, 0.05) is 31.0 Å². The summed E-state index contributed by atoms with van der Waals surface area (Å²) in [6.07, 6.45) is 3.15. The van der Waals surface area contributed by atoms with Gasteiger partial charge in [0.2, 0.25) is 0 Å². The molecule has 2 aromatic rings. The number of hydrogen-bond donors (Lipinski definition) is 0. The van der Waals surface area contributed by atoms with Gasteiger partial charge in [-0.3, -0.25) is 9.98 Å². The van der Waals surface area contributed by atoms with Gasteiger partial charge >= 0.3 is 0 Å². The standard InChI is InChI=1S/C18H20N2O2.H2O.V/c1-18(2,20-12-15-8-4-6-10-17(15)22)13-19-11-14-7-3-5-9-16(14)21;;/h3-12,21-22H,13H2,1-2H3;1H2;/p-2. The van der Waals surface area contributed by atoms with Crippen LogP contribution in [0.2, 0.25) is 0 Å². The zero-order valence-corrected chi connectivity index (χ0v) is 15.0. The van der Waals surface area contributed by atoms with Crippen molar-refractivity contribution in [3.8, 4) is 11.5 Å². The average Bonchev–Trinajstić information content (AvgIpc) is 2.48. The van der Waals surface area contributed by atoms with Crippen LogP contribution >= 0.6 is 0 Å². The van der Waals surface area contributed by atoms with Crippen molar-refractivity contribution in [2.45, 2.75) is 19.4 Å². The van der Waals surface area contributed by atoms with Crippen LogP contribution in [0.15, 0.2) is 58.5 Å². The maximum atomic E-state index is 11.6. The van der Waals surface area contributed by atoms with Crippen LogP contribution in [0.4, 0.5) is 0 Å². The normalized spacial score (nSPS) is 11.2. The van der Waals surface area contributed by atoms with Gasteiger partial charge < -0.3 is 15.7 Å². The summed E-state index contributed by atoms with van der Waals surface area (Å²) < 4.78 is 0. The Morgan fingerprint density at radius 2 is 1.33 bits per heavy atom. The molecule has 6 heteroatoms. The Labute approximate surface area is 154 Å². The third kappa shape index (κ3) is 6.58. The summed E-state index contributed by atoms with van der Waals surface area (Å²) in [6.45, 7) is 4.29. The van der Waals surface area contributed by atoms with Gasteiger partial charge in [-0.15, -0.1) is 11.5 Å². The molecule has 0 saturated heterocycles. The fourth-order valence-electron chi connectivity index (χ4n) is 1.83. The van der Waals surface area contributed by atoms with E-state index < -0.39 is 5.54 Å². The molecule has 0 fully saturated rings. The maximum absolute atomic E-state index is 11.6. The van der Waals surface area contributed by atoms with Crippen molar-refractivity contribution in [3.05, 3.63) is 59.7 Å². The van der Waals surface area contributed by atoms with Crippen molar-refractivity contribution in [2.75, 3.05) is 6.54 Å². The van der Waals surface area contributed by atoms with Crippen LogP contribution in [0.25, 0.3) is 0 Å². The number of rotatable bonds is 5. The van der Waals surface area contributed by atoms with Gasteiger partial charge in [0.05, 0.1) is 12.1 Å². The monoisotopic (exact) mass is 363 g/mol. The molecule has 0 amide bonds. The van der Waals surface area contributed by atoms with Gasteiger partial charge in [0.1, 0.15) is 0 Å². The molecule has 2 rings (SSSR count). The molecule has 0 aliphatic heterocycles. The van der Waals surface area contributed by atoms with Crippen LogP contribution in [0, 0.1) is 0 Å².